The van der Waals surface area contributed by atoms with Gasteiger partial charge in [-0.05, 0) is 23.3 Å². The lowest BCUT2D eigenvalue weighted by molar-refractivity contribution is -0.122. The van der Waals surface area contributed by atoms with Gasteiger partial charge in [-0.2, -0.15) is 5.26 Å². The average Bonchev–Trinajstić information content (AvgIpc) is 3.23. The molecule has 1 N–H and O–H groups in total. The van der Waals surface area contributed by atoms with Gasteiger partial charge >= 0.3 is 0 Å². The Kier molecular flexibility index (Phi) is 4.08. The molecule has 3 aromatic rings. The molecule has 0 bridgehead atoms. The molecule has 2 atom stereocenters. The Morgan fingerprint density at radius 3 is 2.50 bits per heavy atom. The monoisotopic (exact) mass is 340 g/mol. The van der Waals surface area contributed by atoms with Crippen molar-refractivity contribution in [2.24, 2.45) is 5.92 Å². The van der Waals surface area contributed by atoms with Gasteiger partial charge in [0.2, 0.25) is 5.91 Å². The summed E-state index contributed by atoms with van der Waals surface area (Å²) in [5, 5.41) is 12.3. The van der Waals surface area contributed by atoms with Crippen LogP contribution in [0.4, 0.5) is 0 Å². The summed E-state index contributed by atoms with van der Waals surface area (Å²) in [5.41, 5.74) is 3.58. The first-order chi connectivity index (χ1) is 12.8. The summed E-state index contributed by atoms with van der Waals surface area (Å²) in [7, 11) is 0. The molecule has 4 rings (SSSR count). The summed E-state index contributed by atoms with van der Waals surface area (Å²) in [6, 6.07) is 19.6. The minimum atomic E-state index is -0.730. The van der Waals surface area contributed by atoms with Crippen LogP contribution in [0.1, 0.15) is 17.0 Å². The van der Waals surface area contributed by atoms with Crippen molar-refractivity contribution in [1.82, 2.24) is 14.9 Å². The van der Waals surface area contributed by atoms with Crippen molar-refractivity contribution >= 4 is 11.6 Å². The number of benzene rings is 2. The van der Waals surface area contributed by atoms with E-state index in [-0.39, 0.29) is 11.8 Å². The molecule has 1 aromatic heterocycles. The fraction of sp³-hybridized carbons (Fsp3) is 0.0952. The fourth-order valence-corrected chi connectivity index (χ4v) is 3.19. The topological polar surface area (TPSA) is 70.7 Å². The maximum atomic E-state index is 12.5. The van der Waals surface area contributed by atoms with E-state index >= 15 is 0 Å². The SMILES string of the molecule is N#CC1C(=O)NC(c2ccc(-n3ccnc3)cc2)=CC1c1ccccc1. The highest BCUT2D eigenvalue weighted by molar-refractivity contribution is 5.93. The van der Waals surface area contributed by atoms with Crippen LogP contribution in [0, 0.1) is 17.2 Å². The van der Waals surface area contributed by atoms with Gasteiger partial charge in [0, 0.05) is 29.7 Å². The van der Waals surface area contributed by atoms with Gasteiger partial charge in [0.1, 0.15) is 5.92 Å². The van der Waals surface area contributed by atoms with Crippen molar-refractivity contribution in [1.29, 1.82) is 5.26 Å². The smallest absolute Gasteiger partial charge is 0.242 e. The fourth-order valence-electron chi connectivity index (χ4n) is 3.19. The summed E-state index contributed by atoms with van der Waals surface area (Å²) in [6.45, 7) is 0. The van der Waals surface area contributed by atoms with E-state index in [4.69, 9.17) is 0 Å². The first kappa shape index (κ1) is 15.9. The van der Waals surface area contributed by atoms with Gasteiger partial charge in [-0.3, -0.25) is 4.79 Å². The lowest BCUT2D eigenvalue weighted by atomic mass is 9.82. The molecule has 1 amide bonds. The predicted octanol–water partition coefficient (Wildman–Crippen LogP) is 3.27. The third-order valence-corrected chi connectivity index (χ3v) is 4.55. The van der Waals surface area contributed by atoms with Crippen LogP contribution in [0.2, 0.25) is 0 Å². The molecule has 2 heterocycles. The quantitative estimate of drug-likeness (QED) is 0.795. The van der Waals surface area contributed by atoms with Gasteiger partial charge in [0.25, 0.3) is 0 Å². The molecule has 126 valence electrons. The maximum Gasteiger partial charge on any atom is 0.242 e. The van der Waals surface area contributed by atoms with Crippen LogP contribution in [0.5, 0.6) is 0 Å². The van der Waals surface area contributed by atoms with Crippen LogP contribution in [0.3, 0.4) is 0 Å². The van der Waals surface area contributed by atoms with Gasteiger partial charge in [-0.15, -0.1) is 0 Å². The van der Waals surface area contributed by atoms with Crippen LogP contribution >= 0.6 is 0 Å². The number of carbonyl (C=O) groups is 1. The summed E-state index contributed by atoms with van der Waals surface area (Å²) < 4.78 is 1.91. The summed E-state index contributed by atoms with van der Waals surface area (Å²) >= 11 is 0. The molecule has 26 heavy (non-hydrogen) atoms. The highest BCUT2D eigenvalue weighted by Gasteiger charge is 2.33. The third kappa shape index (κ3) is 2.89. The van der Waals surface area contributed by atoms with E-state index in [1.165, 1.54) is 0 Å². The van der Waals surface area contributed by atoms with E-state index in [1.807, 2.05) is 71.4 Å². The van der Waals surface area contributed by atoms with E-state index in [9.17, 15) is 10.1 Å². The molecule has 0 aliphatic carbocycles. The number of nitriles is 1. The standard InChI is InChI=1S/C21H16N4O/c22-13-19-18(15-4-2-1-3-5-15)12-20(24-21(19)26)16-6-8-17(9-7-16)25-11-10-23-14-25/h1-12,14,18-19H,(H,24,26). The Labute approximate surface area is 151 Å². The highest BCUT2D eigenvalue weighted by atomic mass is 16.2. The molecular weight excluding hydrogens is 324 g/mol. The zero-order valence-electron chi connectivity index (χ0n) is 13.9. The molecule has 0 saturated carbocycles. The van der Waals surface area contributed by atoms with E-state index in [2.05, 4.69) is 16.4 Å². The van der Waals surface area contributed by atoms with Gasteiger partial charge in [0.05, 0.1) is 12.4 Å². The van der Waals surface area contributed by atoms with Gasteiger partial charge < -0.3 is 9.88 Å². The second-order valence-electron chi connectivity index (χ2n) is 6.13. The average molecular weight is 340 g/mol. The first-order valence-electron chi connectivity index (χ1n) is 8.32. The van der Waals surface area contributed by atoms with E-state index in [1.54, 1.807) is 12.5 Å². The molecule has 0 fully saturated rings. The lowest BCUT2D eigenvalue weighted by Gasteiger charge is -2.26. The van der Waals surface area contributed by atoms with Crippen molar-refractivity contribution in [2.45, 2.75) is 5.92 Å². The molecule has 5 nitrogen and oxygen atoms in total. The molecule has 2 unspecified atom stereocenters. The summed E-state index contributed by atoms with van der Waals surface area (Å²) in [6.07, 6.45) is 7.31. The molecule has 5 heteroatoms. The molecule has 2 aromatic carbocycles. The summed E-state index contributed by atoms with van der Waals surface area (Å²) in [5.74, 6) is -1.26. The van der Waals surface area contributed by atoms with Gasteiger partial charge in [-0.25, -0.2) is 4.98 Å². The van der Waals surface area contributed by atoms with E-state index in [0.29, 0.717) is 0 Å². The number of aromatic nitrogens is 2. The second kappa shape index (κ2) is 6.69. The molecule has 0 radical (unpaired) electrons. The minimum absolute atomic E-state index is 0.265. The normalized spacial score (nSPS) is 19.3. The number of nitrogens with one attached hydrogen (secondary N) is 1. The van der Waals surface area contributed by atoms with Crippen molar-refractivity contribution in [2.75, 3.05) is 0 Å². The predicted molar refractivity (Wildman–Crippen MR) is 98.0 cm³/mol. The number of hydrogen-bond acceptors (Lipinski definition) is 3. The number of amides is 1. The molecule has 1 aliphatic rings. The summed E-state index contributed by atoms with van der Waals surface area (Å²) in [4.78, 5) is 16.5. The zero-order valence-corrected chi connectivity index (χ0v) is 13.9. The Morgan fingerprint density at radius 2 is 1.85 bits per heavy atom. The number of imidazole rings is 1. The number of hydrogen-bond donors (Lipinski definition) is 1. The maximum absolute atomic E-state index is 12.5. The van der Waals surface area contributed by atoms with Crippen LogP contribution in [0.25, 0.3) is 11.4 Å². The van der Waals surface area contributed by atoms with Crippen LogP contribution in [-0.2, 0) is 4.79 Å². The number of allylic oxidation sites excluding steroid dienone is 1. The third-order valence-electron chi connectivity index (χ3n) is 4.55. The van der Waals surface area contributed by atoms with E-state index in [0.717, 1.165) is 22.5 Å². The lowest BCUT2D eigenvalue weighted by Crippen LogP contribution is -2.36. The Morgan fingerprint density at radius 1 is 1.08 bits per heavy atom. The molecule has 0 saturated heterocycles. The number of rotatable bonds is 3. The van der Waals surface area contributed by atoms with Crippen molar-refractivity contribution < 1.29 is 4.79 Å². The van der Waals surface area contributed by atoms with Crippen molar-refractivity contribution in [3.8, 4) is 11.8 Å². The second-order valence-corrected chi connectivity index (χ2v) is 6.13. The number of nitrogens with zero attached hydrogens (tertiary/aromatic N) is 3. The van der Waals surface area contributed by atoms with Crippen LogP contribution in [0.15, 0.2) is 79.4 Å². The first-order valence-corrected chi connectivity index (χ1v) is 8.32. The molecule has 1 aliphatic heterocycles. The largest absolute Gasteiger partial charge is 0.325 e. The Balaban J connectivity index is 1.70. The van der Waals surface area contributed by atoms with Crippen LogP contribution in [-0.4, -0.2) is 15.5 Å². The van der Waals surface area contributed by atoms with Crippen LogP contribution < -0.4 is 5.32 Å². The zero-order chi connectivity index (χ0) is 17.9. The van der Waals surface area contributed by atoms with Gasteiger partial charge in [-0.1, -0.05) is 48.5 Å². The highest BCUT2D eigenvalue weighted by Crippen LogP contribution is 2.33. The Hall–Kier alpha value is -3.65. The Bertz CT molecular complexity index is 983. The molecular formula is C21H16N4O. The minimum Gasteiger partial charge on any atom is -0.325 e. The van der Waals surface area contributed by atoms with E-state index < -0.39 is 5.92 Å². The number of carbonyl (C=O) groups excluding carboxylic acids is 1. The van der Waals surface area contributed by atoms with Crippen molar-refractivity contribution in [3.05, 3.63) is 90.5 Å². The van der Waals surface area contributed by atoms with Crippen molar-refractivity contribution in [3.63, 3.8) is 0 Å². The van der Waals surface area contributed by atoms with Gasteiger partial charge in [0.15, 0.2) is 0 Å². The molecule has 0 spiro atoms.